The standard InChI is InChI=1S/C32H41ClN6O7S2/c1-2-19-14-32(19,29(42)37-48(45,46)20-11-12-20)36-27(40)24-13-18(26-21-9-6-10-23(33)22(21)16-39(26)31(43)44)15-38(24)28(41)25(35-30(34)47)17-7-4-3-5-8-17/h2,6,9-10,17-20,24-26H,1,3-5,7-8,11-16H2,(H,36,40)(H,37,42)(H,43,44)(H3,34,35,47)/t18-,19-,24+,25+,26?,32-/m1/s1. The fraction of sp³-hybridized carbons (Fsp3) is 0.594. The van der Waals surface area contributed by atoms with Crippen molar-refractivity contribution in [2.24, 2.45) is 23.5 Å². The Balaban J connectivity index is 1.33. The summed E-state index contributed by atoms with van der Waals surface area (Å²) in [5, 5.41) is 15.7. The lowest BCUT2D eigenvalue weighted by Gasteiger charge is -2.35. The number of sulfonamides is 1. The fourth-order valence-corrected chi connectivity index (χ4v) is 9.67. The number of benzene rings is 1. The Kier molecular flexibility index (Phi) is 9.41. The van der Waals surface area contributed by atoms with E-state index in [2.05, 4.69) is 21.9 Å². The SMILES string of the molecule is C=C[C@@H]1C[C@]1(NC(=O)[C@@H]1C[C@@H](C2c3cccc(Cl)c3CN2C(=O)O)CN1C(=O)[C@@H](NC(N)=S)C1CCCCC1)C(=O)NS(=O)(=O)C1CC1. The minimum atomic E-state index is -3.90. The number of fused-ring (bicyclic) bond motifs is 1. The van der Waals surface area contributed by atoms with Gasteiger partial charge in [0.15, 0.2) is 5.11 Å². The summed E-state index contributed by atoms with van der Waals surface area (Å²) in [7, 11) is -3.90. The number of halogens is 1. The molecule has 6 atom stereocenters. The molecule has 2 heterocycles. The van der Waals surface area contributed by atoms with Crippen molar-refractivity contribution in [1.82, 2.24) is 25.2 Å². The number of thiocarbonyl (C=S) groups is 1. The summed E-state index contributed by atoms with van der Waals surface area (Å²) in [5.41, 5.74) is 5.73. The summed E-state index contributed by atoms with van der Waals surface area (Å²) < 4.78 is 27.5. The number of hydrogen-bond donors (Lipinski definition) is 5. The molecule has 1 aromatic carbocycles. The molecule has 1 saturated heterocycles. The first kappa shape index (κ1) is 34.4. The smallest absolute Gasteiger partial charge is 0.408 e. The number of carboxylic acid groups (broad SMARTS) is 1. The van der Waals surface area contributed by atoms with Crippen molar-refractivity contribution in [3.8, 4) is 0 Å². The van der Waals surface area contributed by atoms with E-state index in [0.29, 0.717) is 29.0 Å². The van der Waals surface area contributed by atoms with E-state index >= 15 is 0 Å². The van der Waals surface area contributed by atoms with Gasteiger partial charge in [-0.2, -0.15) is 0 Å². The Morgan fingerprint density at radius 2 is 1.83 bits per heavy atom. The van der Waals surface area contributed by atoms with Crippen molar-refractivity contribution in [1.29, 1.82) is 0 Å². The van der Waals surface area contributed by atoms with Crippen LogP contribution in [0.1, 0.15) is 75.0 Å². The molecule has 16 heteroatoms. The quantitative estimate of drug-likeness (QED) is 0.177. The van der Waals surface area contributed by atoms with Crippen LogP contribution in [0.2, 0.25) is 5.02 Å². The van der Waals surface area contributed by atoms with E-state index in [-0.39, 0.29) is 37.0 Å². The Morgan fingerprint density at radius 3 is 2.44 bits per heavy atom. The molecule has 48 heavy (non-hydrogen) atoms. The summed E-state index contributed by atoms with van der Waals surface area (Å²) in [4.78, 5) is 57.5. The first-order chi connectivity index (χ1) is 22.8. The van der Waals surface area contributed by atoms with Crippen LogP contribution in [0.5, 0.6) is 0 Å². The average molecular weight is 721 g/mol. The van der Waals surface area contributed by atoms with Gasteiger partial charge in [0.1, 0.15) is 17.6 Å². The highest BCUT2D eigenvalue weighted by Gasteiger charge is 2.62. The van der Waals surface area contributed by atoms with Crippen LogP contribution in [-0.4, -0.2) is 81.7 Å². The lowest BCUT2D eigenvalue weighted by molar-refractivity contribution is -0.142. The van der Waals surface area contributed by atoms with E-state index in [1.165, 1.54) is 15.9 Å². The minimum absolute atomic E-state index is 0.0414. The Hall–Kier alpha value is -3.43. The number of carbonyl (C=O) groups excluding carboxylic acids is 3. The average Bonchev–Trinajstić information content (AvgIpc) is 3.94. The maximum absolute atomic E-state index is 14.5. The lowest BCUT2D eigenvalue weighted by Crippen LogP contribution is -2.59. The first-order valence-electron chi connectivity index (χ1n) is 16.4. The zero-order valence-electron chi connectivity index (χ0n) is 26.4. The third-order valence-electron chi connectivity index (χ3n) is 10.7. The van der Waals surface area contributed by atoms with E-state index in [4.69, 9.17) is 29.6 Å². The number of carbonyl (C=O) groups is 4. The number of rotatable bonds is 10. The van der Waals surface area contributed by atoms with Gasteiger partial charge in [0, 0.05) is 23.4 Å². The van der Waals surface area contributed by atoms with Gasteiger partial charge in [-0.25, -0.2) is 13.2 Å². The zero-order chi connectivity index (χ0) is 34.5. The highest BCUT2D eigenvalue weighted by molar-refractivity contribution is 7.91. The van der Waals surface area contributed by atoms with E-state index in [1.54, 1.807) is 12.1 Å². The van der Waals surface area contributed by atoms with Gasteiger partial charge in [-0.1, -0.05) is 49.1 Å². The third-order valence-corrected chi connectivity index (χ3v) is 13.0. The van der Waals surface area contributed by atoms with Crippen LogP contribution in [0.4, 0.5) is 4.79 Å². The van der Waals surface area contributed by atoms with E-state index in [1.807, 2.05) is 6.07 Å². The minimum Gasteiger partial charge on any atom is -0.465 e. The van der Waals surface area contributed by atoms with Crippen LogP contribution < -0.4 is 21.1 Å². The van der Waals surface area contributed by atoms with Crippen molar-refractivity contribution in [2.45, 2.75) is 93.2 Å². The van der Waals surface area contributed by atoms with Crippen molar-refractivity contribution in [3.05, 3.63) is 47.0 Å². The normalized spacial score (nSPS) is 29.0. The van der Waals surface area contributed by atoms with Crippen LogP contribution in [0, 0.1) is 17.8 Å². The molecule has 2 aliphatic heterocycles. The summed E-state index contributed by atoms with van der Waals surface area (Å²) in [6.45, 7) is 3.86. The molecule has 5 aliphatic rings. The monoisotopic (exact) mass is 720 g/mol. The van der Waals surface area contributed by atoms with Crippen molar-refractivity contribution >= 4 is 62.8 Å². The largest absolute Gasteiger partial charge is 0.465 e. The molecule has 3 saturated carbocycles. The Morgan fingerprint density at radius 1 is 1.12 bits per heavy atom. The molecule has 1 unspecified atom stereocenters. The summed E-state index contributed by atoms with van der Waals surface area (Å²) in [6, 6.07) is 2.65. The van der Waals surface area contributed by atoms with Crippen LogP contribution >= 0.6 is 23.8 Å². The van der Waals surface area contributed by atoms with Gasteiger partial charge in [-0.3, -0.25) is 24.0 Å². The Labute approximate surface area is 290 Å². The van der Waals surface area contributed by atoms with Crippen LogP contribution in [0.25, 0.3) is 0 Å². The second-order valence-corrected chi connectivity index (χ2v) is 16.5. The predicted octanol–water partition coefficient (Wildman–Crippen LogP) is 2.54. The van der Waals surface area contributed by atoms with Gasteiger partial charge in [0.2, 0.25) is 21.8 Å². The number of likely N-dealkylation sites (tertiary alicyclic amines) is 1. The van der Waals surface area contributed by atoms with Crippen molar-refractivity contribution < 1.29 is 32.7 Å². The summed E-state index contributed by atoms with van der Waals surface area (Å²) >= 11 is 11.6. The zero-order valence-corrected chi connectivity index (χ0v) is 28.8. The fourth-order valence-electron chi connectivity index (χ4n) is 7.94. The van der Waals surface area contributed by atoms with Gasteiger partial charge < -0.3 is 26.4 Å². The van der Waals surface area contributed by atoms with Gasteiger partial charge in [0.05, 0.1) is 17.8 Å². The van der Waals surface area contributed by atoms with E-state index in [0.717, 1.165) is 32.1 Å². The third kappa shape index (κ3) is 6.48. The molecule has 0 radical (unpaired) electrons. The molecule has 1 aromatic rings. The highest BCUT2D eigenvalue weighted by Crippen LogP contribution is 2.48. The summed E-state index contributed by atoms with van der Waals surface area (Å²) in [6.07, 6.45) is 5.91. The molecular weight excluding hydrogens is 680 g/mol. The van der Waals surface area contributed by atoms with Crippen molar-refractivity contribution in [3.63, 3.8) is 0 Å². The van der Waals surface area contributed by atoms with E-state index in [9.17, 15) is 32.7 Å². The highest BCUT2D eigenvalue weighted by atomic mass is 35.5. The van der Waals surface area contributed by atoms with Crippen LogP contribution in [0.15, 0.2) is 30.9 Å². The maximum atomic E-state index is 14.5. The molecule has 13 nitrogen and oxygen atoms in total. The number of nitrogens with zero attached hydrogens (tertiary/aromatic N) is 2. The first-order valence-corrected chi connectivity index (χ1v) is 18.7. The molecule has 260 valence electrons. The van der Waals surface area contributed by atoms with Crippen LogP contribution in [0.3, 0.4) is 0 Å². The van der Waals surface area contributed by atoms with Gasteiger partial charge in [0.25, 0.3) is 5.91 Å². The molecule has 0 spiro atoms. The molecule has 4 fully saturated rings. The number of hydrogen-bond acceptors (Lipinski definition) is 7. The molecular formula is C32H41ClN6O7S2. The Bertz CT molecular complexity index is 1650. The van der Waals surface area contributed by atoms with Gasteiger partial charge in [-0.15, -0.1) is 6.58 Å². The molecule has 0 bridgehead atoms. The van der Waals surface area contributed by atoms with Crippen molar-refractivity contribution in [2.75, 3.05) is 6.54 Å². The molecule has 4 amide bonds. The lowest BCUT2D eigenvalue weighted by atomic mass is 9.83. The van der Waals surface area contributed by atoms with E-state index < -0.39 is 74.6 Å². The second-order valence-electron chi connectivity index (χ2n) is 13.7. The second kappa shape index (κ2) is 13.1. The van der Waals surface area contributed by atoms with Gasteiger partial charge in [-0.05, 0) is 73.9 Å². The topological polar surface area (TPSA) is 191 Å². The predicted molar refractivity (Wildman–Crippen MR) is 181 cm³/mol. The molecule has 6 N–H and O–H groups in total. The molecule has 0 aromatic heterocycles. The van der Waals surface area contributed by atoms with Crippen LogP contribution in [-0.2, 0) is 31.0 Å². The summed E-state index contributed by atoms with van der Waals surface area (Å²) in [5.74, 6) is -2.99. The number of amides is 4. The van der Waals surface area contributed by atoms with Gasteiger partial charge >= 0.3 is 6.09 Å². The maximum Gasteiger partial charge on any atom is 0.408 e. The number of nitrogens with one attached hydrogen (secondary N) is 3. The molecule has 6 rings (SSSR count). The number of nitrogens with two attached hydrogens (primary N) is 1. The molecule has 3 aliphatic carbocycles.